The topological polar surface area (TPSA) is 405 Å². The van der Waals surface area contributed by atoms with Crippen LogP contribution in [0, 0.1) is 41.1 Å². The van der Waals surface area contributed by atoms with Gasteiger partial charge in [-0.25, -0.2) is 42.9 Å². The van der Waals surface area contributed by atoms with Crippen molar-refractivity contribution >= 4 is 83.0 Å². The monoisotopic (exact) mass is 1980 g/mol. The number of piperidine rings is 4. The van der Waals surface area contributed by atoms with E-state index < -0.39 is 33.6 Å². The number of aliphatic hydroxyl groups is 2. The van der Waals surface area contributed by atoms with E-state index in [1.165, 1.54) is 112 Å². The minimum absolute atomic E-state index is 0. The van der Waals surface area contributed by atoms with Crippen molar-refractivity contribution in [2.24, 2.45) is 23.7 Å². The first-order valence-corrected chi connectivity index (χ1v) is 45.8. The zero-order valence-electron chi connectivity index (χ0n) is 85.7. The minimum atomic E-state index is -0.774. The number of aryl methyl sites for hydroxylation is 1. The maximum Gasteiger partial charge on any atom is 1.00 e. The third-order valence-corrected chi connectivity index (χ3v) is 20.4. The second-order valence-corrected chi connectivity index (χ2v) is 35.4. The van der Waals surface area contributed by atoms with E-state index in [-0.39, 0.29) is 145 Å². The van der Waals surface area contributed by atoms with Crippen LogP contribution in [0.1, 0.15) is 237 Å². The number of aliphatic carboxylic acids is 1. The number of rotatable bonds is 19. The molecule has 4 saturated heterocycles. The molecule has 5 amide bonds. The number of Topliss-reactive ketones (excluding diaryl/α,β-unsaturated/α-hetero) is 2. The van der Waals surface area contributed by atoms with Gasteiger partial charge in [0.15, 0.2) is 11.6 Å². The number of nitrogens with zero attached hydrogens (tertiary/aromatic N) is 9. The average molecular weight is 1980 g/mol. The van der Waals surface area contributed by atoms with Crippen molar-refractivity contribution in [2.75, 3.05) is 121 Å². The summed E-state index contributed by atoms with van der Waals surface area (Å²) in [5, 5.41) is 26.8. The fourth-order valence-corrected chi connectivity index (χ4v) is 12.3. The number of hydrogen-bond donors (Lipinski definition) is 4. The Morgan fingerprint density at radius 1 is 0.486 bits per heavy atom. The van der Waals surface area contributed by atoms with Crippen LogP contribution in [-0.2, 0) is 65.5 Å². The Bertz CT molecular complexity index is 4260. The van der Waals surface area contributed by atoms with Gasteiger partial charge in [0.1, 0.15) is 46.0 Å². The second kappa shape index (κ2) is 73.4. The van der Waals surface area contributed by atoms with Crippen LogP contribution in [0.5, 0.6) is 0 Å². The van der Waals surface area contributed by atoms with Crippen LogP contribution >= 0.6 is 24.0 Å². The van der Waals surface area contributed by atoms with Crippen LogP contribution in [0.4, 0.5) is 32.3 Å². The van der Waals surface area contributed by atoms with Gasteiger partial charge in [-0.1, -0.05) is 34.6 Å². The molecule has 4 aliphatic heterocycles. The number of pyridine rings is 3. The van der Waals surface area contributed by atoms with Gasteiger partial charge >= 0.3 is 55.2 Å². The first-order valence-electron chi connectivity index (χ1n) is 45.5. The predicted octanol–water partition coefficient (Wildman–Crippen LogP) is 15.2. The molecule has 0 bridgehead atoms. The Morgan fingerprint density at radius 3 is 1.06 bits per heavy atom. The number of carboxylic acid groups (broad SMARTS) is 1. The van der Waals surface area contributed by atoms with E-state index in [9.17, 15) is 61.1 Å². The van der Waals surface area contributed by atoms with Crippen molar-refractivity contribution in [3.8, 4) is 0 Å². The number of likely N-dealkylation sites (tertiary alicyclic amines) is 4. The number of carbonyl (C=O) groups is 10. The van der Waals surface area contributed by atoms with Gasteiger partial charge in [-0.3, -0.25) is 48.6 Å². The van der Waals surface area contributed by atoms with Crippen LogP contribution in [0.15, 0.2) is 146 Å². The van der Waals surface area contributed by atoms with Gasteiger partial charge in [-0.2, -0.15) is 0 Å². The molecule has 3 aromatic heterocycles. The largest absolute Gasteiger partial charge is 1.00 e. The maximum atomic E-state index is 12.8. The number of ether oxygens (including phenoxy) is 6. The number of aliphatic hydroxyl groups excluding tert-OH is 2. The number of hydroxylamine groups is 3. The fraction of sp³-hybridized carbons (Fsp3) is 0.570. The summed E-state index contributed by atoms with van der Waals surface area (Å²) in [7, 11) is 7.70. The smallest absolute Gasteiger partial charge is 0.870 e. The molecule has 3 aromatic carbocycles. The molecule has 10 rings (SSSR count). The van der Waals surface area contributed by atoms with E-state index in [1.54, 1.807) is 91.6 Å². The molecule has 4 aliphatic rings. The second-order valence-electron chi connectivity index (χ2n) is 35.1. The standard InChI is InChI=1S/C14H12FNO.C14H25NO4.C13H23NO4.C11H19NO4.C11H21NO3.C9H10FNO2.C7H4ClFO.C7H9N.C6H7NO.C6H15N.C2H7NO.ClH.Li.H2O/c1-10(11-6-8-16-9-7-11)14(17)12-2-4-13(15)5-3-12;1-10(18-5)12(16)11-6-8-15(9-7-11)13(17)19-14(2,3)4;1-5-17-11(15)10-6-8-14(9-7-10)12(16)18-13(2,3)4;1-11(2,3)16-10(15)12-6-4-8(5-7-12)9(13)14;1-11(2,3)15-10(14)12-6-4-9(8-13)5-7-12;1-11(13-2)9(12)7-3-5-8(10)6-4-7;8-7(10)5-1-3-6(9)4-2-5;1-2-7-3-5-8-6-4-7;8-5-6-1-3-7-4-2-6;1-4-7(5-2)6-3;1-3-4-2;;;/h2-10H,1H3;10-11H,6-9H2,1-5H3;10H,5-9H2,1-4H3;8H,4-7H2,1-3H3,(H,13,14);9,13H,4-8H2,1-3H3;3-6H,1-2H3;1-4H;3-6H,2H2,1H3;1-4,8H,5H2;4-6H2,1-3H3;3H,1-2H3;1H;;1H2/q;;;;;;;;;;;;+1;/p-1. The molecule has 0 spiro atoms. The number of carboxylic acids is 1. The van der Waals surface area contributed by atoms with Crippen LogP contribution in [0.25, 0.3) is 0 Å². The molecule has 32 nitrogen and oxygen atoms in total. The van der Waals surface area contributed by atoms with E-state index in [0.717, 1.165) is 35.5 Å². The van der Waals surface area contributed by atoms with Crippen LogP contribution in [0.3, 0.4) is 0 Å². The summed E-state index contributed by atoms with van der Waals surface area (Å²) in [5.41, 5.74) is 4.94. The van der Waals surface area contributed by atoms with Crippen molar-refractivity contribution in [3.63, 3.8) is 0 Å². The van der Waals surface area contributed by atoms with E-state index in [1.807, 2.05) is 127 Å². The van der Waals surface area contributed by atoms with Gasteiger partial charge in [-0.15, -0.1) is 12.4 Å². The van der Waals surface area contributed by atoms with Crippen LogP contribution < -0.4 is 24.3 Å². The number of nitrogens with one attached hydrogen (secondary N) is 1. The minimum Gasteiger partial charge on any atom is -0.870 e. The van der Waals surface area contributed by atoms with Crippen LogP contribution in [0.2, 0.25) is 0 Å². The van der Waals surface area contributed by atoms with Crippen molar-refractivity contribution in [3.05, 3.63) is 197 Å². The number of ketones is 2. The van der Waals surface area contributed by atoms with Gasteiger partial charge in [0.25, 0.3) is 11.1 Å². The van der Waals surface area contributed by atoms with E-state index in [4.69, 9.17) is 55.3 Å². The number of carbonyl (C=O) groups excluding carboxylic acids is 9. The Labute approximate surface area is 839 Å². The van der Waals surface area contributed by atoms with Crippen molar-refractivity contribution in [1.82, 2.24) is 50.0 Å². The molecule has 0 saturated carbocycles. The van der Waals surface area contributed by atoms with Crippen molar-refractivity contribution < 1.29 is 139 Å². The van der Waals surface area contributed by atoms with Gasteiger partial charge in [0.2, 0.25) is 0 Å². The zero-order chi connectivity index (χ0) is 103. The number of benzene rings is 3. The summed E-state index contributed by atoms with van der Waals surface area (Å²) < 4.78 is 68.6. The molecule has 38 heteroatoms. The molecule has 0 radical (unpaired) electrons. The Morgan fingerprint density at radius 2 is 0.797 bits per heavy atom. The summed E-state index contributed by atoms with van der Waals surface area (Å²) in [5.74, 6) is -2.49. The van der Waals surface area contributed by atoms with Crippen LogP contribution in [-0.4, -0.2) is 273 Å². The molecule has 772 valence electrons. The predicted molar refractivity (Wildman–Crippen MR) is 523 cm³/mol. The first kappa shape index (κ1) is 135. The average Bonchev–Trinajstić information content (AvgIpc) is 0.541. The number of hydrogen-bond acceptors (Lipinski definition) is 26. The van der Waals surface area contributed by atoms with E-state index >= 15 is 0 Å². The number of aromatic nitrogens is 3. The number of esters is 1. The molecule has 2 unspecified atom stereocenters. The molecule has 0 aliphatic carbocycles. The summed E-state index contributed by atoms with van der Waals surface area (Å²) in [6.07, 6.45) is 15.3. The summed E-state index contributed by atoms with van der Waals surface area (Å²) in [6.45, 7) is 45.1. The van der Waals surface area contributed by atoms with Crippen molar-refractivity contribution in [2.45, 2.75) is 230 Å². The Kier molecular flexibility index (Phi) is 71.5. The Hall–Kier alpha value is -9.74. The molecule has 138 heavy (non-hydrogen) atoms. The quantitative estimate of drug-likeness (QED) is 0.0146. The van der Waals surface area contributed by atoms with Gasteiger partial charge in [-0.05, 0) is 318 Å². The summed E-state index contributed by atoms with van der Waals surface area (Å²) >= 11 is 5.09. The summed E-state index contributed by atoms with van der Waals surface area (Å²) in [6, 6.07) is 27.2. The molecule has 6 aromatic rings. The molecule has 4 fully saturated rings. The maximum absolute atomic E-state index is 12.8. The normalized spacial score (nSPS) is 14.0. The molecule has 2 atom stereocenters. The third kappa shape index (κ3) is 61.0. The molecule has 5 N–H and O–H groups in total. The van der Waals surface area contributed by atoms with E-state index in [0.29, 0.717) is 120 Å². The van der Waals surface area contributed by atoms with Crippen molar-refractivity contribution in [1.29, 1.82) is 0 Å². The first-order chi connectivity index (χ1) is 63.4. The van der Waals surface area contributed by atoms with Gasteiger partial charge < -0.3 is 78.6 Å². The SMILES string of the molecule is CC(C(=O)c1ccc(F)cc1)c1ccncc1.CC(C)(C)OC(=O)N1CCC(C(=O)O)CC1.CC(C)(C)OC(=O)N1CCC(CO)CC1.CCN(CC)CC.CCOC(=O)C1CCN(C(=O)OC(C)(C)C)CC1.CCc1ccncc1.CNOC.COC(C)C(=O)C1CCN(C(=O)OC(C)(C)C)CC1.CON(C)C(=O)c1ccc(F)cc1.Cl.O=C(Cl)c1ccc(F)cc1.OCc1ccncc1.[Li+].[OH-]. The molecular weight excluding hydrogens is 1830 g/mol. The molecule has 7 heterocycles. The third-order valence-electron chi connectivity index (χ3n) is 20.2. The molecular formula is C100H154Cl2F3LiN10O22. The number of methoxy groups -OCH3 is 1. The van der Waals surface area contributed by atoms with Gasteiger partial charge in [0, 0.05) is 146 Å². The van der Waals surface area contributed by atoms with E-state index in [2.05, 4.69) is 62.7 Å². The Balaban J connectivity index is -0.000000727. The fourth-order valence-electron chi connectivity index (χ4n) is 12.1. The summed E-state index contributed by atoms with van der Waals surface area (Å²) in [4.78, 5) is 145. The number of halogens is 5. The number of amides is 5. The zero-order valence-corrected chi connectivity index (χ0v) is 87.2. The van der Waals surface area contributed by atoms with Gasteiger partial charge in [0.05, 0.1) is 39.3 Å².